The van der Waals surface area contributed by atoms with Crippen LogP contribution in [0.25, 0.3) is 6.08 Å². The van der Waals surface area contributed by atoms with Gasteiger partial charge in [0, 0.05) is 40.1 Å². The molecule has 0 atom stereocenters. The summed E-state index contributed by atoms with van der Waals surface area (Å²) in [7, 11) is 0. The molecule has 1 aliphatic carbocycles. The van der Waals surface area contributed by atoms with Crippen LogP contribution in [0.1, 0.15) is 24.0 Å². The molecular formula is C24H23IN4O3. The van der Waals surface area contributed by atoms with Gasteiger partial charge in [-0.15, -0.1) is 0 Å². The van der Waals surface area contributed by atoms with E-state index in [-0.39, 0.29) is 10.6 Å². The van der Waals surface area contributed by atoms with Gasteiger partial charge in [-0.3, -0.25) is 10.1 Å². The zero-order chi connectivity index (χ0) is 22.3. The number of hydrogen-bond donors (Lipinski definition) is 0. The molecule has 0 N–H and O–H groups in total. The molecule has 1 saturated heterocycles. The molecule has 0 bridgehead atoms. The number of nitro benzene ring substituents is 1. The maximum atomic E-state index is 11.1. The number of nitro groups is 1. The summed E-state index contributed by atoms with van der Waals surface area (Å²) in [6, 6.07) is 14.8. The first-order valence-corrected chi connectivity index (χ1v) is 11.5. The van der Waals surface area contributed by atoms with Crippen molar-refractivity contribution in [1.82, 2.24) is 4.90 Å². The smallest absolute Gasteiger partial charge is 0.270 e. The summed E-state index contributed by atoms with van der Waals surface area (Å²) in [5.74, 6) is 0. The van der Waals surface area contributed by atoms with E-state index in [1.807, 2.05) is 42.6 Å². The summed E-state index contributed by atoms with van der Waals surface area (Å²) in [5.41, 5.74) is 5.40. The predicted octanol–water partition coefficient (Wildman–Crippen LogP) is 5.07. The number of rotatable bonds is 6. The molecule has 164 valence electrons. The van der Waals surface area contributed by atoms with Crippen molar-refractivity contribution in [3.8, 4) is 0 Å². The van der Waals surface area contributed by atoms with Crippen LogP contribution >= 0.6 is 22.6 Å². The van der Waals surface area contributed by atoms with Crippen molar-refractivity contribution < 1.29 is 9.66 Å². The van der Waals surface area contributed by atoms with Crippen molar-refractivity contribution in [2.75, 3.05) is 26.3 Å². The average Bonchev–Trinajstić information content (AvgIpc) is 3.20. The molecule has 0 unspecified atom stereocenters. The fourth-order valence-electron chi connectivity index (χ4n) is 3.88. The van der Waals surface area contributed by atoms with Crippen LogP contribution < -0.4 is 0 Å². The Bertz CT molecular complexity index is 1120. The second-order valence-electron chi connectivity index (χ2n) is 7.51. The maximum Gasteiger partial charge on any atom is 0.270 e. The van der Waals surface area contributed by atoms with E-state index >= 15 is 0 Å². The molecule has 0 radical (unpaired) electrons. The van der Waals surface area contributed by atoms with Crippen LogP contribution in [0.3, 0.4) is 0 Å². The molecule has 8 heteroatoms. The minimum atomic E-state index is -0.362. The van der Waals surface area contributed by atoms with Crippen LogP contribution in [-0.4, -0.2) is 48.6 Å². The highest BCUT2D eigenvalue weighted by atomic mass is 127. The second-order valence-corrected chi connectivity index (χ2v) is 8.67. The molecule has 2 aliphatic rings. The molecular weight excluding hydrogens is 519 g/mol. The predicted molar refractivity (Wildman–Crippen MR) is 135 cm³/mol. The third-order valence-corrected chi connectivity index (χ3v) is 6.39. The van der Waals surface area contributed by atoms with Gasteiger partial charge < -0.3 is 9.64 Å². The van der Waals surface area contributed by atoms with Crippen LogP contribution in [0.2, 0.25) is 0 Å². The lowest BCUT2D eigenvalue weighted by molar-refractivity contribution is -0.384. The van der Waals surface area contributed by atoms with Gasteiger partial charge in [0.05, 0.1) is 30.6 Å². The van der Waals surface area contributed by atoms with Gasteiger partial charge in [-0.1, -0.05) is 30.3 Å². The Hall–Kier alpha value is -2.85. The van der Waals surface area contributed by atoms with Gasteiger partial charge in [0.2, 0.25) is 0 Å². The Morgan fingerprint density at radius 3 is 2.59 bits per heavy atom. The van der Waals surface area contributed by atoms with Gasteiger partial charge in [0.1, 0.15) is 0 Å². The maximum absolute atomic E-state index is 11.1. The number of non-ortho nitro benzene ring substituents is 1. The monoisotopic (exact) mass is 542 g/mol. The van der Waals surface area contributed by atoms with E-state index in [0.29, 0.717) is 13.2 Å². The van der Waals surface area contributed by atoms with Crippen molar-refractivity contribution in [2.45, 2.75) is 12.8 Å². The van der Waals surface area contributed by atoms with Gasteiger partial charge in [-0.2, -0.15) is 10.2 Å². The summed E-state index contributed by atoms with van der Waals surface area (Å²) in [6.45, 7) is 2.99. The van der Waals surface area contributed by atoms with Gasteiger partial charge in [0.15, 0.2) is 0 Å². The summed E-state index contributed by atoms with van der Waals surface area (Å²) in [6.07, 6.45) is 7.37. The zero-order valence-corrected chi connectivity index (χ0v) is 19.6. The Balaban J connectivity index is 1.62. The number of hydrogen-bond acceptors (Lipinski definition) is 6. The van der Waals surface area contributed by atoms with Gasteiger partial charge in [-0.25, -0.2) is 0 Å². The third-order valence-electron chi connectivity index (χ3n) is 5.40. The molecule has 7 nitrogen and oxygen atoms in total. The largest absolute Gasteiger partial charge is 0.378 e. The SMILES string of the molecule is O=[N+]([O-])c1cccc(C=C2CCC(C=NN=Cc3ccccc3I)=C2N2CCOCC2)c1. The van der Waals surface area contributed by atoms with Crippen LogP contribution in [0, 0.1) is 13.7 Å². The van der Waals surface area contributed by atoms with E-state index in [2.05, 4.69) is 37.7 Å². The molecule has 1 fully saturated rings. The van der Waals surface area contributed by atoms with E-state index in [1.54, 1.807) is 18.3 Å². The molecule has 32 heavy (non-hydrogen) atoms. The first-order chi connectivity index (χ1) is 15.6. The molecule has 1 aliphatic heterocycles. The van der Waals surface area contributed by atoms with Crippen LogP contribution in [0.5, 0.6) is 0 Å². The fourth-order valence-corrected chi connectivity index (χ4v) is 4.41. The van der Waals surface area contributed by atoms with Crippen molar-refractivity contribution >= 4 is 46.8 Å². The zero-order valence-electron chi connectivity index (χ0n) is 17.5. The quantitative estimate of drug-likeness (QED) is 0.221. The molecule has 1 heterocycles. The highest BCUT2D eigenvalue weighted by Gasteiger charge is 2.25. The molecule has 4 rings (SSSR count). The highest BCUT2D eigenvalue weighted by Crippen LogP contribution is 2.35. The lowest BCUT2D eigenvalue weighted by atomic mass is 10.1. The average molecular weight is 542 g/mol. The van der Waals surface area contributed by atoms with Crippen molar-refractivity contribution in [3.63, 3.8) is 0 Å². The standard InChI is InChI=1S/C24H23IN4O3/c25-23-7-2-1-5-20(23)16-26-27-17-21-9-8-19(24(21)28-10-12-32-13-11-28)14-18-4-3-6-22(15-18)29(30)31/h1-7,14-17H,8-13H2. The summed E-state index contributed by atoms with van der Waals surface area (Å²) in [5, 5.41) is 19.7. The Labute approximate surface area is 200 Å². The van der Waals surface area contributed by atoms with E-state index < -0.39 is 0 Å². The van der Waals surface area contributed by atoms with E-state index in [9.17, 15) is 10.1 Å². The number of morpholine rings is 1. The van der Waals surface area contributed by atoms with E-state index in [4.69, 9.17) is 4.74 Å². The highest BCUT2D eigenvalue weighted by molar-refractivity contribution is 14.1. The summed E-state index contributed by atoms with van der Waals surface area (Å²) in [4.78, 5) is 13.1. The number of halogens is 1. The molecule has 2 aromatic carbocycles. The van der Waals surface area contributed by atoms with E-state index in [1.165, 1.54) is 6.07 Å². The van der Waals surface area contributed by atoms with Crippen LogP contribution in [-0.2, 0) is 4.74 Å². The number of benzene rings is 2. The van der Waals surface area contributed by atoms with Crippen molar-refractivity contribution in [3.05, 3.63) is 90.2 Å². The fraction of sp³-hybridized carbons (Fsp3) is 0.250. The Morgan fingerprint density at radius 1 is 1.03 bits per heavy atom. The molecule has 0 spiro atoms. The minimum absolute atomic E-state index is 0.0981. The van der Waals surface area contributed by atoms with Gasteiger partial charge in [0.25, 0.3) is 5.69 Å². The first-order valence-electron chi connectivity index (χ1n) is 10.4. The summed E-state index contributed by atoms with van der Waals surface area (Å²) >= 11 is 2.28. The lowest BCUT2D eigenvalue weighted by Gasteiger charge is -2.31. The number of nitrogens with zero attached hydrogens (tertiary/aromatic N) is 4. The second kappa shape index (κ2) is 10.6. The topological polar surface area (TPSA) is 80.3 Å². The Kier molecular flexibility index (Phi) is 7.43. The van der Waals surface area contributed by atoms with Crippen molar-refractivity contribution in [2.24, 2.45) is 10.2 Å². The molecule has 2 aromatic rings. The first kappa shape index (κ1) is 22.3. The van der Waals surface area contributed by atoms with Gasteiger partial charge in [-0.05, 0) is 64.3 Å². The van der Waals surface area contributed by atoms with Crippen LogP contribution in [0.15, 0.2) is 75.6 Å². The number of ether oxygens (including phenoxy) is 1. The number of allylic oxidation sites excluding steroid dienone is 2. The minimum Gasteiger partial charge on any atom is -0.378 e. The van der Waals surface area contributed by atoms with Crippen molar-refractivity contribution in [1.29, 1.82) is 0 Å². The normalized spacial score (nSPS) is 18.4. The Morgan fingerprint density at radius 2 is 1.81 bits per heavy atom. The van der Waals surface area contributed by atoms with Gasteiger partial charge >= 0.3 is 0 Å². The molecule has 0 aromatic heterocycles. The summed E-state index contributed by atoms with van der Waals surface area (Å²) < 4.78 is 6.66. The lowest BCUT2D eigenvalue weighted by Crippen LogP contribution is -2.36. The molecule has 0 saturated carbocycles. The molecule has 0 amide bonds. The van der Waals surface area contributed by atoms with Crippen LogP contribution in [0.4, 0.5) is 5.69 Å². The van der Waals surface area contributed by atoms with E-state index in [0.717, 1.165) is 57.5 Å². The third kappa shape index (κ3) is 5.49.